The van der Waals surface area contributed by atoms with Gasteiger partial charge in [-0.05, 0) is 34.1 Å². The summed E-state index contributed by atoms with van der Waals surface area (Å²) >= 11 is 0. The van der Waals surface area contributed by atoms with Gasteiger partial charge in [0.25, 0.3) is 0 Å². The van der Waals surface area contributed by atoms with Crippen LogP contribution < -0.4 is 5.32 Å². The Balaban J connectivity index is 2.00. The Kier molecular flexibility index (Phi) is 3.54. The summed E-state index contributed by atoms with van der Waals surface area (Å²) in [5.74, 6) is 0. The van der Waals surface area contributed by atoms with E-state index in [0.29, 0.717) is 6.04 Å². The van der Waals surface area contributed by atoms with Crippen molar-refractivity contribution in [2.75, 3.05) is 6.61 Å². The second-order valence-electron chi connectivity index (χ2n) is 5.42. The third-order valence-corrected chi connectivity index (χ3v) is 3.86. The maximum atomic E-state index is 5.63. The van der Waals surface area contributed by atoms with E-state index in [1.54, 1.807) is 0 Å². The number of nitrogens with zero attached hydrogens (tertiary/aromatic N) is 2. The third kappa shape index (κ3) is 2.53. The molecule has 0 aliphatic carbocycles. The Morgan fingerprint density at radius 1 is 1.65 bits per heavy atom. The average Bonchev–Trinajstić information content (AvgIpc) is 2.85. The maximum Gasteiger partial charge on any atom is 0.0951 e. The van der Waals surface area contributed by atoms with Gasteiger partial charge in [-0.25, -0.2) is 4.98 Å². The molecular weight excluding hydrogens is 214 g/mol. The van der Waals surface area contributed by atoms with E-state index in [1.165, 1.54) is 5.69 Å². The van der Waals surface area contributed by atoms with Crippen LogP contribution in [0, 0.1) is 0 Å². The van der Waals surface area contributed by atoms with Gasteiger partial charge in [0.15, 0.2) is 0 Å². The highest BCUT2D eigenvalue weighted by Crippen LogP contribution is 2.25. The summed E-state index contributed by atoms with van der Waals surface area (Å²) in [5, 5.41) is 3.62. The van der Waals surface area contributed by atoms with Crippen molar-refractivity contribution in [1.82, 2.24) is 14.9 Å². The van der Waals surface area contributed by atoms with Gasteiger partial charge >= 0.3 is 0 Å². The highest BCUT2D eigenvalue weighted by atomic mass is 16.5. The van der Waals surface area contributed by atoms with Gasteiger partial charge in [-0.1, -0.05) is 0 Å². The van der Waals surface area contributed by atoms with Crippen molar-refractivity contribution in [2.45, 2.75) is 58.3 Å². The number of aromatic nitrogens is 2. The zero-order valence-electron chi connectivity index (χ0n) is 11.2. The molecule has 96 valence electrons. The zero-order chi connectivity index (χ0) is 12.5. The van der Waals surface area contributed by atoms with Gasteiger partial charge < -0.3 is 14.6 Å². The van der Waals surface area contributed by atoms with E-state index >= 15 is 0 Å². The molecule has 1 fully saturated rings. The first kappa shape index (κ1) is 12.6. The molecule has 1 saturated heterocycles. The van der Waals surface area contributed by atoms with E-state index in [1.807, 2.05) is 12.5 Å². The molecule has 2 atom stereocenters. The van der Waals surface area contributed by atoms with Crippen LogP contribution in [0.15, 0.2) is 12.5 Å². The van der Waals surface area contributed by atoms with Crippen LogP contribution in [0.25, 0.3) is 0 Å². The quantitative estimate of drug-likeness (QED) is 0.872. The van der Waals surface area contributed by atoms with Crippen LogP contribution in [0.2, 0.25) is 0 Å². The molecule has 0 spiro atoms. The Labute approximate surface area is 103 Å². The topological polar surface area (TPSA) is 39.1 Å². The van der Waals surface area contributed by atoms with Crippen LogP contribution in [0.3, 0.4) is 0 Å². The number of hydrogen-bond acceptors (Lipinski definition) is 3. The van der Waals surface area contributed by atoms with Gasteiger partial charge in [0.2, 0.25) is 0 Å². The van der Waals surface area contributed by atoms with E-state index in [4.69, 9.17) is 4.74 Å². The van der Waals surface area contributed by atoms with E-state index in [0.717, 1.165) is 19.6 Å². The Bertz CT molecular complexity index is 374. The van der Waals surface area contributed by atoms with Crippen LogP contribution in [0.4, 0.5) is 0 Å². The van der Waals surface area contributed by atoms with E-state index in [-0.39, 0.29) is 11.6 Å². The molecule has 1 N–H and O–H groups in total. The van der Waals surface area contributed by atoms with Gasteiger partial charge in [-0.3, -0.25) is 0 Å². The molecule has 0 saturated carbocycles. The van der Waals surface area contributed by atoms with Gasteiger partial charge in [-0.2, -0.15) is 0 Å². The number of imidazole rings is 1. The summed E-state index contributed by atoms with van der Waals surface area (Å²) in [4.78, 5) is 4.22. The first-order valence-corrected chi connectivity index (χ1v) is 6.40. The van der Waals surface area contributed by atoms with Crippen molar-refractivity contribution in [3.63, 3.8) is 0 Å². The lowest BCUT2D eigenvalue weighted by Crippen LogP contribution is -2.47. The minimum atomic E-state index is 0.0894. The molecule has 0 aromatic carbocycles. The standard InChI is InChI=1S/C13H23N3O/c1-10(2)16-9-14-7-12(16)8-15-13(4)5-6-17-11(13)3/h7,9-11,15H,5-6,8H2,1-4H3. The normalized spacial score (nSPS) is 29.1. The predicted octanol–water partition coefficient (Wildman–Crippen LogP) is 2.12. The van der Waals surface area contributed by atoms with Crippen LogP contribution in [-0.2, 0) is 11.3 Å². The fourth-order valence-corrected chi connectivity index (χ4v) is 2.29. The largest absolute Gasteiger partial charge is 0.377 e. The second-order valence-corrected chi connectivity index (χ2v) is 5.42. The van der Waals surface area contributed by atoms with Crippen LogP contribution in [0.5, 0.6) is 0 Å². The van der Waals surface area contributed by atoms with Crippen LogP contribution >= 0.6 is 0 Å². The second kappa shape index (κ2) is 4.78. The SMILES string of the molecule is CC(C)n1cncc1CNC1(C)CCOC1C. The number of nitrogens with one attached hydrogen (secondary N) is 1. The molecule has 0 bridgehead atoms. The average molecular weight is 237 g/mol. The van der Waals surface area contributed by atoms with Crippen molar-refractivity contribution < 1.29 is 4.74 Å². The summed E-state index contributed by atoms with van der Waals surface area (Å²) in [5.41, 5.74) is 1.33. The first-order chi connectivity index (χ1) is 8.03. The number of hydrogen-bond donors (Lipinski definition) is 1. The minimum Gasteiger partial charge on any atom is -0.377 e. The fraction of sp³-hybridized carbons (Fsp3) is 0.769. The van der Waals surface area contributed by atoms with Gasteiger partial charge in [-0.15, -0.1) is 0 Å². The molecule has 1 aromatic heterocycles. The molecule has 1 aliphatic heterocycles. The van der Waals surface area contributed by atoms with Gasteiger partial charge in [0.05, 0.1) is 18.1 Å². The minimum absolute atomic E-state index is 0.0894. The fourth-order valence-electron chi connectivity index (χ4n) is 2.29. The predicted molar refractivity (Wildman–Crippen MR) is 67.9 cm³/mol. The summed E-state index contributed by atoms with van der Waals surface area (Å²) in [6, 6.07) is 0.458. The maximum absolute atomic E-state index is 5.63. The monoisotopic (exact) mass is 237 g/mol. The van der Waals surface area contributed by atoms with Crippen molar-refractivity contribution in [3.05, 3.63) is 18.2 Å². The number of rotatable bonds is 4. The molecule has 1 aliphatic rings. The highest BCUT2D eigenvalue weighted by Gasteiger charge is 2.36. The molecular formula is C13H23N3O. The third-order valence-electron chi connectivity index (χ3n) is 3.86. The van der Waals surface area contributed by atoms with Gasteiger partial charge in [0, 0.05) is 30.9 Å². The van der Waals surface area contributed by atoms with Crippen molar-refractivity contribution in [3.8, 4) is 0 Å². The number of ether oxygens (including phenoxy) is 1. The zero-order valence-corrected chi connectivity index (χ0v) is 11.2. The molecule has 0 radical (unpaired) electrons. The summed E-state index contributed by atoms with van der Waals surface area (Å²) in [6.07, 6.45) is 5.19. The summed E-state index contributed by atoms with van der Waals surface area (Å²) in [7, 11) is 0. The van der Waals surface area contributed by atoms with Crippen LogP contribution in [0.1, 0.15) is 45.9 Å². The Hall–Kier alpha value is -0.870. The molecule has 1 aromatic rings. The Morgan fingerprint density at radius 3 is 3.00 bits per heavy atom. The molecule has 2 heterocycles. The lowest BCUT2D eigenvalue weighted by Gasteiger charge is -2.29. The van der Waals surface area contributed by atoms with E-state index in [2.05, 4.69) is 42.6 Å². The van der Waals surface area contributed by atoms with Crippen molar-refractivity contribution >= 4 is 0 Å². The summed E-state index contributed by atoms with van der Waals surface area (Å²) < 4.78 is 7.84. The Morgan fingerprint density at radius 2 is 2.41 bits per heavy atom. The van der Waals surface area contributed by atoms with E-state index < -0.39 is 0 Å². The molecule has 4 heteroatoms. The molecule has 4 nitrogen and oxygen atoms in total. The smallest absolute Gasteiger partial charge is 0.0951 e. The lowest BCUT2D eigenvalue weighted by atomic mass is 9.94. The molecule has 0 amide bonds. The van der Waals surface area contributed by atoms with Gasteiger partial charge in [0.1, 0.15) is 0 Å². The van der Waals surface area contributed by atoms with Crippen molar-refractivity contribution in [2.24, 2.45) is 0 Å². The summed E-state index contributed by atoms with van der Waals surface area (Å²) in [6.45, 7) is 10.4. The molecule has 17 heavy (non-hydrogen) atoms. The van der Waals surface area contributed by atoms with E-state index in [9.17, 15) is 0 Å². The lowest BCUT2D eigenvalue weighted by molar-refractivity contribution is 0.0879. The first-order valence-electron chi connectivity index (χ1n) is 6.40. The van der Waals surface area contributed by atoms with Crippen molar-refractivity contribution in [1.29, 1.82) is 0 Å². The molecule has 2 unspecified atom stereocenters. The molecule has 2 rings (SSSR count). The highest BCUT2D eigenvalue weighted by molar-refractivity contribution is 5.02. The van der Waals surface area contributed by atoms with Crippen LogP contribution in [-0.4, -0.2) is 27.8 Å².